The molecule has 170 valence electrons. The molecule has 1 saturated heterocycles. The Kier molecular flexibility index (Phi) is 7.84. The minimum absolute atomic E-state index is 0.000899. The lowest BCUT2D eigenvalue weighted by Crippen LogP contribution is -2.40. The molecule has 31 heavy (non-hydrogen) atoms. The molecule has 0 aliphatic carbocycles. The van der Waals surface area contributed by atoms with Crippen molar-refractivity contribution >= 4 is 29.4 Å². The Hall–Kier alpha value is -3.30. The first-order valence-corrected chi connectivity index (χ1v) is 9.72. The van der Waals surface area contributed by atoms with Gasteiger partial charge in [0.15, 0.2) is 0 Å². The SMILES string of the molecule is COC(=O)/C=C(/Nc1c(F)cccc1N1CCC(NC(=O)OC(C)(C)C)C1)C(=O)OC. The van der Waals surface area contributed by atoms with Gasteiger partial charge in [-0.05, 0) is 39.3 Å². The molecule has 1 aliphatic rings. The molecule has 0 aromatic heterocycles. The van der Waals surface area contributed by atoms with Crippen LogP contribution in [0.5, 0.6) is 0 Å². The van der Waals surface area contributed by atoms with Gasteiger partial charge >= 0.3 is 18.0 Å². The highest BCUT2D eigenvalue weighted by Gasteiger charge is 2.29. The minimum Gasteiger partial charge on any atom is -0.466 e. The van der Waals surface area contributed by atoms with Crippen LogP contribution in [-0.2, 0) is 23.8 Å². The number of methoxy groups -OCH3 is 2. The molecule has 0 radical (unpaired) electrons. The summed E-state index contributed by atoms with van der Waals surface area (Å²) in [6.07, 6.45) is 0.988. The Morgan fingerprint density at radius 3 is 2.52 bits per heavy atom. The monoisotopic (exact) mass is 437 g/mol. The first-order valence-electron chi connectivity index (χ1n) is 9.72. The van der Waals surface area contributed by atoms with Gasteiger partial charge in [0.2, 0.25) is 0 Å². The molecule has 10 heteroatoms. The molecule has 2 N–H and O–H groups in total. The van der Waals surface area contributed by atoms with Crippen LogP contribution in [0.1, 0.15) is 27.2 Å². The summed E-state index contributed by atoms with van der Waals surface area (Å²) in [7, 11) is 2.30. The van der Waals surface area contributed by atoms with E-state index in [4.69, 9.17) is 4.74 Å². The number of halogens is 1. The maximum absolute atomic E-state index is 14.7. The summed E-state index contributed by atoms with van der Waals surface area (Å²) in [6, 6.07) is 4.24. The summed E-state index contributed by atoms with van der Waals surface area (Å²) >= 11 is 0. The first kappa shape index (κ1) is 24.0. The van der Waals surface area contributed by atoms with Crippen molar-refractivity contribution in [1.29, 1.82) is 0 Å². The third-order valence-corrected chi connectivity index (χ3v) is 4.37. The maximum atomic E-state index is 14.7. The second kappa shape index (κ2) is 10.1. The number of rotatable bonds is 6. The summed E-state index contributed by atoms with van der Waals surface area (Å²) in [5, 5.41) is 5.46. The van der Waals surface area contributed by atoms with Crippen LogP contribution in [0.2, 0.25) is 0 Å². The topological polar surface area (TPSA) is 106 Å². The molecule has 1 heterocycles. The van der Waals surface area contributed by atoms with E-state index in [1.165, 1.54) is 12.1 Å². The van der Waals surface area contributed by atoms with Crippen LogP contribution in [0.15, 0.2) is 30.0 Å². The average Bonchev–Trinajstić information content (AvgIpc) is 3.14. The van der Waals surface area contributed by atoms with Crippen molar-refractivity contribution in [2.45, 2.75) is 38.8 Å². The van der Waals surface area contributed by atoms with Crippen molar-refractivity contribution in [1.82, 2.24) is 5.32 Å². The van der Waals surface area contributed by atoms with E-state index in [0.717, 1.165) is 20.3 Å². The van der Waals surface area contributed by atoms with Gasteiger partial charge in [-0.15, -0.1) is 0 Å². The highest BCUT2D eigenvalue weighted by Crippen LogP contribution is 2.32. The summed E-state index contributed by atoms with van der Waals surface area (Å²) in [6.45, 7) is 6.27. The Bertz CT molecular complexity index is 865. The zero-order valence-electron chi connectivity index (χ0n) is 18.3. The van der Waals surface area contributed by atoms with Crippen molar-refractivity contribution in [3.05, 3.63) is 35.8 Å². The fourth-order valence-corrected chi connectivity index (χ4v) is 3.04. The van der Waals surface area contributed by atoms with Crippen LogP contribution in [0.25, 0.3) is 0 Å². The summed E-state index contributed by atoms with van der Waals surface area (Å²) in [4.78, 5) is 37.5. The molecule has 1 amide bonds. The third kappa shape index (κ3) is 6.87. The Morgan fingerprint density at radius 2 is 1.90 bits per heavy atom. The number of nitrogens with zero attached hydrogens (tertiary/aromatic N) is 1. The molecule has 9 nitrogen and oxygen atoms in total. The molecule has 0 spiro atoms. The lowest BCUT2D eigenvalue weighted by atomic mass is 10.2. The van der Waals surface area contributed by atoms with Crippen LogP contribution < -0.4 is 15.5 Å². The summed E-state index contributed by atoms with van der Waals surface area (Å²) < 4.78 is 29.1. The zero-order chi connectivity index (χ0) is 23.2. The van der Waals surface area contributed by atoms with Gasteiger partial charge in [-0.3, -0.25) is 0 Å². The molecule has 1 aromatic carbocycles. The van der Waals surface area contributed by atoms with Gasteiger partial charge in [0.05, 0.1) is 37.7 Å². The van der Waals surface area contributed by atoms with Crippen LogP contribution in [-0.4, -0.2) is 57.0 Å². The molecule has 1 atom stereocenters. The van der Waals surface area contributed by atoms with Crippen molar-refractivity contribution in [2.24, 2.45) is 0 Å². The number of esters is 2. The molecule has 1 unspecified atom stereocenters. The van der Waals surface area contributed by atoms with Crippen LogP contribution in [0.4, 0.5) is 20.6 Å². The average molecular weight is 437 g/mol. The quantitative estimate of drug-likeness (QED) is 0.397. The van der Waals surface area contributed by atoms with Crippen LogP contribution in [0, 0.1) is 5.82 Å². The fraction of sp³-hybridized carbons (Fsp3) is 0.476. The number of benzene rings is 1. The number of ether oxygens (including phenoxy) is 3. The number of anilines is 2. The van der Waals surface area contributed by atoms with E-state index in [9.17, 15) is 18.8 Å². The molecule has 1 fully saturated rings. The van der Waals surface area contributed by atoms with E-state index in [0.29, 0.717) is 25.2 Å². The highest BCUT2D eigenvalue weighted by molar-refractivity contribution is 5.99. The molecule has 0 bridgehead atoms. The number of amides is 1. The van der Waals surface area contributed by atoms with Crippen LogP contribution in [0.3, 0.4) is 0 Å². The fourth-order valence-electron chi connectivity index (χ4n) is 3.04. The van der Waals surface area contributed by atoms with Crippen LogP contribution >= 0.6 is 0 Å². The van der Waals surface area contributed by atoms with E-state index in [2.05, 4.69) is 20.1 Å². The number of hydrogen-bond donors (Lipinski definition) is 2. The van der Waals surface area contributed by atoms with Gasteiger partial charge in [0, 0.05) is 13.1 Å². The lowest BCUT2D eigenvalue weighted by molar-refractivity contribution is -0.138. The van der Waals surface area contributed by atoms with E-state index >= 15 is 0 Å². The van der Waals surface area contributed by atoms with Gasteiger partial charge < -0.3 is 29.7 Å². The second-order valence-electron chi connectivity index (χ2n) is 7.91. The summed E-state index contributed by atoms with van der Waals surface area (Å²) in [5.41, 5.74) is -0.421. The molecule has 0 saturated carbocycles. The lowest BCUT2D eigenvalue weighted by Gasteiger charge is -2.24. The number of para-hydroxylation sites is 1. The maximum Gasteiger partial charge on any atom is 0.407 e. The van der Waals surface area contributed by atoms with Gasteiger partial charge in [-0.2, -0.15) is 0 Å². The van der Waals surface area contributed by atoms with E-state index in [1.807, 2.05) is 4.90 Å². The number of nitrogens with one attached hydrogen (secondary N) is 2. The highest BCUT2D eigenvalue weighted by atomic mass is 19.1. The normalized spacial score (nSPS) is 16.5. The van der Waals surface area contributed by atoms with Crippen molar-refractivity contribution in [3.8, 4) is 0 Å². The largest absolute Gasteiger partial charge is 0.466 e. The van der Waals surface area contributed by atoms with Crippen molar-refractivity contribution in [3.63, 3.8) is 0 Å². The number of hydrogen-bond acceptors (Lipinski definition) is 8. The Morgan fingerprint density at radius 1 is 1.19 bits per heavy atom. The van der Waals surface area contributed by atoms with E-state index in [1.54, 1.807) is 26.8 Å². The predicted molar refractivity (Wildman–Crippen MR) is 112 cm³/mol. The summed E-state index contributed by atoms with van der Waals surface area (Å²) in [5.74, 6) is -2.28. The molecular weight excluding hydrogens is 409 g/mol. The first-order chi connectivity index (χ1) is 14.5. The van der Waals surface area contributed by atoms with E-state index < -0.39 is 29.5 Å². The minimum atomic E-state index is -0.856. The van der Waals surface area contributed by atoms with Crippen molar-refractivity contribution in [2.75, 3.05) is 37.5 Å². The second-order valence-corrected chi connectivity index (χ2v) is 7.91. The van der Waals surface area contributed by atoms with E-state index in [-0.39, 0.29) is 17.4 Å². The zero-order valence-corrected chi connectivity index (χ0v) is 18.3. The Labute approximate surface area is 180 Å². The smallest absolute Gasteiger partial charge is 0.407 e. The van der Waals surface area contributed by atoms with Gasteiger partial charge in [0.1, 0.15) is 17.1 Å². The predicted octanol–water partition coefficient (Wildman–Crippen LogP) is 2.57. The number of alkyl carbamates (subject to hydrolysis) is 1. The molecule has 2 rings (SSSR count). The number of carbonyl (C=O) groups is 3. The Balaban J connectivity index is 2.21. The van der Waals surface area contributed by atoms with Gasteiger partial charge in [-0.1, -0.05) is 6.07 Å². The molecule has 1 aliphatic heterocycles. The van der Waals surface area contributed by atoms with Gasteiger partial charge in [0.25, 0.3) is 0 Å². The van der Waals surface area contributed by atoms with Gasteiger partial charge in [-0.25, -0.2) is 18.8 Å². The number of carbonyl (C=O) groups excluding carboxylic acids is 3. The third-order valence-electron chi connectivity index (χ3n) is 4.37. The standard InChI is InChI=1S/C21H28FN3O6/c1-21(2,3)31-20(28)23-13-9-10-25(12-13)16-8-6-7-14(22)18(16)24-15(19(27)30-5)11-17(26)29-4/h6-8,11,13,24H,9-10,12H2,1-5H3,(H,23,28)/b15-11+. The molecular formula is C21H28FN3O6. The molecule has 1 aromatic rings. The van der Waals surface area contributed by atoms with Crippen molar-refractivity contribution < 1.29 is 33.0 Å².